The number of carbonyl (C=O) groups is 1. The molecule has 9 heteroatoms. The number of carbonyl (C=O) groups excluding carboxylic acids is 1. The summed E-state index contributed by atoms with van der Waals surface area (Å²) in [7, 11) is 0. The monoisotopic (exact) mass is 388 g/mol. The number of halogens is 6. The Hall–Kier alpha value is -2.71. The van der Waals surface area contributed by atoms with Crippen molar-refractivity contribution in [2.45, 2.75) is 24.8 Å². The van der Waals surface area contributed by atoms with E-state index in [1.54, 1.807) is 0 Å². The van der Waals surface area contributed by atoms with Gasteiger partial charge in [-0.15, -0.1) is 0 Å². The molecule has 0 aliphatic carbocycles. The molecule has 2 aromatic carbocycles. The summed E-state index contributed by atoms with van der Waals surface area (Å²) in [5, 5.41) is 2.14. The highest BCUT2D eigenvalue weighted by Crippen LogP contribution is 2.53. The molecule has 3 nitrogen and oxygen atoms in total. The van der Waals surface area contributed by atoms with Gasteiger partial charge in [-0.3, -0.25) is 4.90 Å². The zero-order chi connectivity index (χ0) is 20.0. The summed E-state index contributed by atoms with van der Waals surface area (Å²) in [6.07, 6.45) is -10.2. The third-order valence-corrected chi connectivity index (χ3v) is 4.40. The number of aryl methyl sites for hydroxylation is 1. The fourth-order valence-electron chi connectivity index (χ4n) is 3.38. The van der Waals surface area contributed by atoms with E-state index in [1.165, 1.54) is 37.3 Å². The van der Waals surface area contributed by atoms with E-state index >= 15 is 0 Å². The molecule has 2 amide bonds. The molecule has 1 aliphatic rings. The fourth-order valence-corrected chi connectivity index (χ4v) is 3.38. The first-order valence-corrected chi connectivity index (χ1v) is 7.85. The third-order valence-electron chi connectivity index (χ3n) is 4.40. The minimum Gasteiger partial charge on any atom is -0.307 e. The minimum absolute atomic E-state index is 0.176. The van der Waals surface area contributed by atoms with Gasteiger partial charge < -0.3 is 5.32 Å². The van der Waals surface area contributed by atoms with E-state index in [1.807, 2.05) is 0 Å². The third kappa shape index (κ3) is 3.11. The lowest BCUT2D eigenvalue weighted by Crippen LogP contribution is -2.64. The number of rotatable bonds is 2. The van der Waals surface area contributed by atoms with Crippen LogP contribution in [0.5, 0.6) is 0 Å². The molecular weight excluding hydrogens is 374 g/mol. The van der Waals surface area contributed by atoms with Gasteiger partial charge in [0.2, 0.25) is 0 Å². The van der Waals surface area contributed by atoms with Gasteiger partial charge in [0.1, 0.15) is 6.54 Å². The molecule has 0 saturated heterocycles. The standard InChI is InChI=1S/C18H14F6N2O/c1-11-7-8-14-13(9-11)17(18(22,23)24,12-5-3-2-4-6-12)26(15(27)25-14)10-16(19,20)21/h2-9H,10H2,1H3,(H,25,27). The van der Waals surface area contributed by atoms with Crippen LogP contribution in [0.1, 0.15) is 16.7 Å². The van der Waals surface area contributed by atoms with E-state index in [0.29, 0.717) is 5.56 Å². The summed E-state index contributed by atoms with van der Waals surface area (Å²) in [5.74, 6) is 0. The highest BCUT2D eigenvalue weighted by Gasteiger charge is 2.66. The van der Waals surface area contributed by atoms with Crippen LogP contribution in [0.25, 0.3) is 0 Å². The number of alkyl halides is 6. The van der Waals surface area contributed by atoms with Crippen LogP contribution in [0.2, 0.25) is 0 Å². The molecule has 0 fully saturated rings. The topological polar surface area (TPSA) is 32.3 Å². The maximum absolute atomic E-state index is 14.5. The van der Waals surface area contributed by atoms with Gasteiger partial charge in [-0.05, 0) is 18.6 Å². The number of fused-ring (bicyclic) bond motifs is 1. The molecule has 0 radical (unpaired) electrons. The van der Waals surface area contributed by atoms with Gasteiger partial charge >= 0.3 is 18.4 Å². The van der Waals surface area contributed by atoms with Crippen molar-refractivity contribution >= 4 is 11.7 Å². The summed E-state index contributed by atoms with van der Waals surface area (Å²) >= 11 is 0. The maximum atomic E-state index is 14.5. The molecule has 27 heavy (non-hydrogen) atoms. The Morgan fingerprint density at radius 2 is 1.63 bits per heavy atom. The van der Waals surface area contributed by atoms with Crippen LogP contribution < -0.4 is 5.32 Å². The van der Waals surface area contributed by atoms with Crippen molar-refractivity contribution in [3.8, 4) is 0 Å². The molecule has 0 aromatic heterocycles. The van der Waals surface area contributed by atoms with Crippen LogP contribution in [-0.4, -0.2) is 29.8 Å². The van der Waals surface area contributed by atoms with Gasteiger partial charge in [-0.2, -0.15) is 26.3 Å². The lowest BCUT2D eigenvalue weighted by atomic mass is 9.77. The van der Waals surface area contributed by atoms with Crippen molar-refractivity contribution in [2.75, 3.05) is 11.9 Å². The number of hydrogen-bond acceptors (Lipinski definition) is 1. The Morgan fingerprint density at radius 1 is 1.00 bits per heavy atom. The Kier molecular flexibility index (Phi) is 4.36. The van der Waals surface area contributed by atoms with Crippen molar-refractivity contribution in [2.24, 2.45) is 0 Å². The molecular formula is C18H14F6N2O. The second kappa shape index (κ2) is 6.17. The molecule has 0 spiro atoms. The number of nitrogens with zero attached hydrogens (tertiary/aromatic N) is 1. The second-order valence-corrected chi connectivity index (χ2v) is 6.25. The SMILES string of the molecule is Cc1ccc2c(c1)C(c1ccccc1)(C(F)(F)F)N(CC(F)(F)F)C(=O)N2. The van der Waals surface area contributed by atoms with E-state index < -0.39 is 41.6 Å². The summed E-state index contributed by atoms with van der Waals surface area (Å²) < 4.78 is 82.9. The first-order chi connectivity index (χ1) is 12.5. The number of hydrogen-bond donors (Lipinski definition) is 1. The first kappa shape index (κ1) is 19.1. The van der Waals surface area contributed by atoms with Crippen LogP contribution in [0.4, 0.5) is 36.8 Å². The van der Waals surface area contributed by atoms with Crippen LogP contribution in [0.3, 0.4) is 0 Å². The fraction of sp³-hybridized carbons (Fsp3) is 0.278. The Morgan fingerprint density at radius 3 is 2.19 bits per heavy atom. The second-order valence-electron chi connectivity index (χ2n) is 6.25. The van der Waals surface area contributed by atoms with Crippen LogP contribution >= 0.6 is 0 Å². The number of anilines is 1. The first-order valence-electron chi connectivity index (χ1n) is 7.85. The quantitative estimate of drug-likeness (QED) is 0.704. The number of nitrogens with one attached hydrogen (secondary N) is 1. The Labute approximate surface area is 150 Å². The molecule has 2 aromatic rings. The summed E-state index contributed by atoms with van der Waals surface area (Å²) in [5.41, 5.74) is -3.95. The molecule has 0 saturated carbocycles. The lowest BCUT2D eigenvalue weighted by Gasteiger charge is -2.49. The maximum Gasteiger partial charge on any atom is 0.420 e. The molecule has 1 heterocycles. The zero-order valence-electron chi connectivity index (χ0n) is 13.9. The average Bonchev–Trinajstić information content (AvgIpc) is 2.55. The molecule has 3 rings (SSSR count). The van der Waals surface area contributed by atoms with Crippen LogP contribution in [0, 0.1) is 6.92 Å². The van der Waals surface area contributed by atoms with E-state index in [0.717, 1.165) is 18.2 Å². The van der Waals surface area contributed by atoms with Crippen LogP contribution in [-0.2, 0) is 5.54 Å². The molecule has 1 aliphatic heterocycles. The predicted octanol–water partition coefficient (Wildman–Crippen LogP) is 5.21. The van der Waals surface area contributed by atoms with Crippen molar-refractivity contribution in [1.29, 1.82) is 0 Å². The van der Waals surface area contributed by atoms with Crippen molar-refractivity contribution in [3.63, 3.8) is 0 Å². The number of urea groups is 1. The summed E-state index contributed by atoms with van der Waals surface area (Å²) in [6, 6.07) is 8.59. The Balaban J connectivity index is 2.42. The highest BCUT2D eigenvalue weighted by atomic mass is 19.4. The molecule has 1 N–H and O–H groups in total. The minimum atomic E-state index is -5.21. The van der Waals surface area contributed by atoms with Crippen molar-refractivity contribution in [1.82, 2.24) is 4.90 Å². The lowest BCUT2D eigenvalue weighted by molar-refractivity contribution is -0.231. The largest absolute Gasteiger partial charge is 0.420 e. The molecule has 1 unspecified atom stereocenters. The van der Waals surface area contributed by atoms with E-state index in [-0.39, 0.29) is 10.6 Å². The smallest absolute Gasteiger partial charge is 0.307 e. The Bertz CT molecular complexity index is 862. The van der Waals surface area contributed by atoms with Crippen molar-refractivity contribution < 1.29 is 31.1 Å². The number of amides is 2. The van der Waals surface area contributed by atoms with Gasteiger partial charge in [0, 0.05) is 11.3 Å². The van der Waals surface area contributed by atoms with Crippen LogP contribution in [0.15, 0.2) is 48.5 Å². The van der Waals surface area contributed by atoms with Gasteiger partial charge in [0.05, 0.1) is 0 Å². The normalized spacial score (nSPS) is 20.3. The summed E-state index contributed by atoms with van der Waals surface area (Å²) in [6.45, 7) is -0.530. The van der Waals surface area contributed by atoms with E-state index in [2.05, 4.69) is 5.32 Å². The van der Waals surface area contributed by atoms with Gasteiger partial charge in [-0.1, -0.05) is 48.0 Å². The zero-order valence-corrected chi connectivity index (χ0v) is 13.9. The molecule has 1 atom stereocenters. The number of benzene rings is 2. The van der Waals surface area contributed by atoms with E-state index in [4.69, 9.17) is 0 Å². The van der Waals surface area contributed by atoms with Gasteiger partial charge in [-0.25, -0.2) is 4.79 Å². The predicted molar refractivity (Wildman–Crippen MR) is 86.2 cm³/mol. The molecule has 0 bridgehead atoms. The molecule has 144 valence electrons. The van der Waals surface area contributed by atoms with Crippen molar-refractivity contribution in [3.05, 3.63) is 65.2 Å². The van der Waals surface area contributed by atoms with Gasteiger partial charge in [0.15, 0.2) is 5.54 Å². The average molecular weight is 388 g/mol. The van der Waals surface area contributed by atoms with E-state index in [9.17, 15) is 31.1 Å². The van der Waals surface area contributed by atoms with Gasteiger partial charge in [0.25, 0.3) is 0 Å². The summed E-state index contributed by atoms with van der Waals surface area (Å²) in [4.78, 5) is 12.2. The highest BCUT2D eigenvalue weighted by molar-refractivity contribution is 5.95.